The Morgan fingerprint density at radius 3 is 2.70 bits per heavy atom. The van der Waals surface area contributed by atoms with Gasteiger partial charge in [0.1, 0.15) is 5.71 Å². The van der Waals surface area contributed by atoms with Gasteiger partial charge in [0.25, 0.3) is 5.91 Å². The lowest BCUT2D eigenvalue weighted by Crippen LogP contribution is -2.31. The maximum atomic E-state index is 12.4. The summed E-state index contributed by atoms with van der Waals surface area (Å²) in [5, 5.41) is 17.8. The zero-order valence-electron chi connectivity index (χ0n) is 15.2. The lowest BCUT2D eigenvalue weighted by Gasteiger charge is -2.11. The number of allylic oxidation sites excluding steroid dienone is 2. The SMILES string of the molecule is CNC1=C(C(=N)C(=O)NCc2ccc(Cl)cc2)C=C(C[C@H]2CCC(=O)N2)C1. The van der Waals surface area contributed by atoms with Crippen molar-refractivity contribution in [2.75, 3.05) is 7.05 Å². The van der Waals surface area contributed by atoms with Gasteiger partial charge in [-0.15, -0.1) is 0 Å². The van der Waals surface area contributed by atoms with Crippen LogP contribution in [0, 0.1) is 5.41 Å². The van der Waals surface area contributed by atoms with Crippen LogP contribution in [0.3, 0.4) is 0 Å². The lowest BCUT2D eigenvalue weighted by atomic mass is 10.0. The molecule has 1 aromatic carbocycles. The number of nitrogens with one attached hydrogen (secondary N) is 4. The lowest BCUT2D eigenvalue weighted by molar-refractivity contribution is -0.119. The second-order valence-corrected chi connectivity index (χ2v) is 7.25. The zero-order chi connectivity index (χ0) is 19.4. The summed E-state index contributed by atoms with van der Waals surface area (Å²) in [5.74, 6) is -0.325. The number of rotatable bonds is 7. The normalized spacial score (nSPS) is 19.0. The minimum absolute atomic E-state index is 0.0567. The van der Waals surface area contributed by atoms with Gasteiger partial charge in [-0.3, -0.25) is 15.0 Å². The number of hydrogen-bond donors (Lipinski definition) is 4. The third kappa shape index (κ3) is 4.77. The molecule has 6 nitrogen and oxygen atoms in total. The van der Waals surface area contributed by atoms with Crippen molar-refractivity contribution in [3.63, 3.8) is 0 Å². The second-order valence-electron chi connectivity index (χ2n) is 6.81. The Morgan fingerprint density at radius 2 is 2.07 bits per heavy atom. The standard InChI is InChI=1S/C20H23ClN4O2/c1-23-17-10-13(8-15-6-7-18(26)25-15)9-16(17)19(22)20(27)24-11-12-2-4-14(21)5-3-12/h2-5,9,15,22-23H,6-8,10-11H2,1H3,(H,24,27)(H,25,26)/t15-/m1/s1. The molecule has 2 aliphatic rings. The van der Waals surface area contributed by atoms with Gasteiger partial charge in [0, 0.05) is 48.8 Å². The molecule has 1 aromatic rings. The Labute approximate surface area is 163 Å². The van der Waals surface area contributed by atoms with Crippen molar-refractivity contribution in [2.24, 2.45) is 0 Å². The van der Waals surface area contributed by atoms with Gasteiger partial charge in [-0.2, -0.15) is 0 Å². The monoisotopic (exact) mass is 386 g/mol. The fourth-order valence-corrected chi connectivity index (χ4v) is 3.51. The zero-order valence-corrected chi connectivity index (χ0v) is 16.0. The molecule has 1 fully saturated rings. The van der Waals surface area contributed by atoms with Gasteiger partial charge in [-0.25, -0.2) is 0 Å². The Balaban J connectivity index is 1.61. The maximum absolute atomic E-state index is 12.4. The molecule has 2 amide bonds. The summed E-state index contributed by atoms with van der Waals surface area (Å²) in [6.45, 7) is 0.339. The summed E-state index contributed by atoms with van der Waals surface area (Å²) in [6.07, 6.45) is 4.73. The fourth-order valence-electron chi connectivity index (χ4n) is 3.38. The van der Waals surface area contributed by atoms with Gasteiger partial charge in [0.2, 0.25) is 5.91 Å². The van der Waals surface area contributed by atoms with E-state index in [4.69, 9.17) is 17.0 Å². The maximum Gasteiger partial charge on any atom is 0.270 e. The van der Waals surface area contributed by atoms with E-state index in [9.17, 15) is 9.59 Å². The van der Waals surface area contributed by atoms with Crippen LogP contribution < -0.4 is 16.0 Å². The minimum Gasteiger partial charge on any atom is -0.391 e. The van der Waals surface area contributed by atoms with Crippen LogP contribution in [0.5, 0.6) is 0 Å². The number of halogens is 1. The molecule has 7 heteroatoms. The number of carbonyl (C=O) groups excluding carboxylic acids is 2. The van der Waals surface area contributed by atoms with Gasteiger partial charge >= 0.3 is 0 Å². The number of carbonyl (C=O) groups is 2. The number of benzene rings is 1. The van der Waals surface area contributed by atoms with Crippen LogP contribution in [-0.4, -0.2) is 30.6 Å². The summed E-state index contributed by atoms with van der Waals surface area (Å²) in [4.78, 5) is 23.8. The molecule has 1 atom stereocenters. The molecule has 1 aliphatic heterocycles. The third-order valence-electron chi connectivity index (χ3n) is 4.84. The Kier molecular flexibility index (Phi) is 5.96. The van der Waals surface area contributed by atoms with E-state index in [2.05, 4.69) is 16.0 Å². The fraction of sp³-hybridized carbons (Fsp3) is 0.350. The summed E-state index contributed by atoms with van der Waals surface area (Å²) in [5.41, 5.74) is 3.46. The molecule has 4 N–H and O–H groups in total. The van der Waals surface area contributed by atoms with Gasteiger partial charge in [-0.1, -0.05) is 35.4 Å². The summed E-state index contributed by atoms with van der Waals surface area (Å²) < 4.78 is 0. The largest absolute Gasteiger partial charge is 0.391 e. The van der Waals surface area contributed by atoms with E-state index in [0.29, 0.717) is 30.0 Å². The van der Waals surface area contributed by atoms with Crippen LogP contribution in [0.25, 0.3) is 0 Å². The first-order valence-electron chi connectivity index (χ1n) is 8.97. The predicted molar refractivity (Wildman–Crippen MR) is 106 cm³/mol. The molecule has 0 radical (unpaired) electrons. The smallest absolute Gasteiger partial charge is 0.270 e. The van der Waals surface area contributed by atoms with E-state index in [1.54, 1.807) is 19.2 Å². The molecule has 142 valence electrons. The van der Waals surface area contributed by atoms with Crippen LogP contribution in [0.2, 0.25) is 5.02 Å². The first-order valence-corrected chi connectivity index (χ1v) is 9.35. The first-order chi connectivity index (χ1) is 13.0. The van der Waals surface area contributed by atoms with Gasteiger partial charge in [-0.05, 0) is 30.5 Å². The van der Waals surface area contributed by atoms with Crippen molar-refractivity contribution >= 4 is 29.1 Å². The quantitative estimate of drug-likeness (QED) is 0.542. The van der Waals surface area contributed by atoms with E-state index in [0.717, 1.165) is 29.7 Å². The molecule has 0 bridgehead atoms. The van der Waals surface area contributed by atoms with Crippen LogP contribution in [-0.2, 0) is 16.1 Å². The van der Waals surface area contributed by atoms with E-state index in [-0.39, 0.29) is 17.7 Å². The van der Waals surface area contributed by atoms with Gasteiger partial charge < -0.3 is 16.0 Å². The summed E-state index contributed by atoms with van der Waals surface area (Å²) in [7, 11) is 1.79. The van der Waals surface area contributed by atoms with E-state index >= 15 is 0 Å². The minimum atomic E-state index is -0.417. The summed E-state index contributed by atoms with van der Waals surface area (Å²) in [6, 6.07) is 7.37. The average molecular weight is 387 g/mol. The van der Waals surface area contributed by atoms with Crippen LogP contribution in [0.15, 0.2) is 47.2 Å². The molecule has 1 saturated heterocycles. The second kappa shape index (κ2) is 8.39. The average Bonchev–Trinajstić information content (AvgIpc) is 3.26. The topological polar surface area (TPSA) is 94.1 Å². The van der Waals surface area contributed by atoms with E-state index in [1.807, 2.05) is 18.2 Å². The Hall–Kier alpha value is -2.60. The number of hydrogen-bond acceptors (Lipinski definition) is 4. The summed E-state index contributed by atoms with van der Waals surface area (Å²) >= 11 is 5.86. The van der Waals surface area contributed by atoms with Gasteiger partial charge in [0.05, 0.1) is 0 Å². The molecule has 0 unspecified atom stereocenters. The van der Waals surface area contributed by atoms with E-state index < -0.39 is 5.91 Å². The van der Waals surface area contributed by atoms with Crippen molar-refractivity contribution in [3.8, 4) is 0 Å². The van der Waals surface area contributed by atoms with E-state index in [1.165, 1.54) is 0 Å². The predicted octanol–water partition coefficient (Wildman–Crippen LogP) is 2.45. The molecule has 1 heterocycles. The molecule has 0 spiro atoms. The highest BCUT2D eigenvalue weighted by Crippen LogP contribution is 2.29. The number of amides is 2. The molecule has 27 heavy (non-hydrogen) atoms. The third-order valence-corrected chi connectivity index (χ3v) is 5.09. The first kappa shape index (κ1) is 19.2. The Morgan fingerprint density at radius 1 is 1.33 bits per heavy atom. The van der Waals surface area contributed by atoms with Crippen molar-refractivity contribution in [3.05, 3.63) is 57.8 Å². The highest BCUT2D eigenvalue weighted by Gasteiger charge is 2.26. The highest BCUT2D eigenvalue weighted by atomic mass is 35.5. The van der Waals surface area contributed by atoms with Crippen LogP contribution in [0.4, 0.5) is 0 Å². The van der Waals surface area contributed by atoms with Crippen LogP contribution in [0.1, 0.15) is 31.2 Å². The molecular formula is C20H23ClN4O2. The molecule has 3 rings (SSSR count). The highest BCUT2D eigenvalue weighted by molar-refractivity contribution is 6.45. The van der Waals surface area contributed by atoms with Crippen molar-refractivity contribution in [1.82, 2.24) is 16.0 Å². The molecule has 1 aliphatic carbocycles. The molecule has 0 aromatic heterocycles. The van der Waals surface area contributed by atoms with Crippen molar-refractivity contribution < 1.29 is 9.59 Å². The molecule has 0 saturated carbocycles. The van der Waals surface area contributed by atoms with Crippen LogP contribution >= 0.6 is 11.6 Å². The van der Waals surface area contributed by atoms with Crippen molar-refractivity contribution in [1.29, 1.82) is 5.41 Å². The van der Waals surface area contributed by atoms with Gasteiger partial charge in [0.15, 0.2) is 0 Å². The Bertz CT molecular complexity index is 827. The van der Waals surface area contributed by atoms with Crippen molar-refractivity contribution in [2.45, 2.75) is 38.3 Å². The molecular weight excluding hydrogens is 364 g/mol.